The molecule has 0 spiro atoms. The maximum Gasteiger partial charge on any atom is 0.337 e. The van der Waals surface area contributed by atoms with Crippen molar-refractivity contribution in [2.24, 2.45) is 0 Å². The largest absolute Gasteiger partial charge is 0.509 e. The number of aliphatic hydroxyl groups is 1. The predicted octanol–water partition coefficient (Wildman–Crippen LogP) is 0.761. The van der Waals surface area contributed by atoms with E-state index in [-0.39, 0.29) is 15.4 Å². The fourth-order valence-electron chi connectivity index (χ4n) is 0.646. The van der Waals surface area contributed by atoms with Crippen molar-refractivity contribution >= 4 is 28.6 Å². The van der Waals surface area contributed by atoms with Crippen LogP contribution in [0.5, 0.6) is 0 Å². The van der Waals surface area contributed by atoms with Crippen LogP contribution in [-0.2, 0) is 4.79 Å². The molecule has 11 heavy (non-hydrogen) atoms. The summed E-state index contributed by atoms with van der Waals surface area (Å²) in [4.78, 5) is 10.3. The molecule has 0 radical (unpaired) electrons. The van der Waals surface area contributed by atoms with Gasteiger partial charge in [-0.05, 0) is 6.08 Å². The highest BCUT2D eigenvalue weighted by molar-refractivity contribution is 14.1. The van der Waals surface area contributed by atoms with Gasteiger partial charge in [-0.3, -0.25) is 0 Å². The first-order valence-electron chi connectivity index (χ1n) is 2.85. The second kappa shape index (κ2) is 3.12. The van der Waals surface area contributed by atoms with Gasteiger partial charge in [0, 0.05) is 6.20 Å². The Labute approximate surface area is 76.7 Å². The molecule has 0 aromatic rings. The van der Waals surface area contributed by atoms with Gasteiger partial charge in [-0.15, -0.1) is 0 Å². The van der Waals surface area contributed by atoms with Gasteiger partial charge in [0.1, 0.15) is 9.81 Å². The number of carbonyl (C=O) groups is 1. The average molecular weight is 267 g/mol. The molecule has 60 valence electrons. The molecule has 1 aliphatic rings. The van der Waals surface area contributed by atoms with Crippen molar-refractivity contribution in [3.8, 4) is 0 Å². The molecule has 1 aliphatic heterocycles. The molecule has 0 saturated heterocycles. The van der Waals surface area contributed by atoms with E-state index in [0.717, 1.165) is 0 Å². The maximum absolute atomic E-state index is 10.3. The lowest BCUT2D eigenvalue weighted by Crippen LogP contribution is -2.24. The van der Waals surface area contributed by atoms with Crippen molar-refractivity contribution in [3.05, 3.63) is 23.6 Å². The smallest absolute Gasteiger partial charge is 0.337 e. The lowest BCUT2D eigenvalue weighted by molar-refractivity contribution is -0.132. The van der Waals surface area contributed by atoms with Gasteiger partial charge in [0.25, 0.3) is 0 Å². The van der Waals surface area contributed by atoms with Crippen molar-refractivity contribution in [1.82, 2.24) is 5.32 Å². The maximum atomic E-state index is 10.3. The predicted molar refractivity (Wildman–Crippen MR) is 47.4 cm³/mol. The summed E-state index contributed by atoms with van der Waals surface area (Å²) < 4.78 is -0.226. The summed E-state index contributed by atoms with van der Waals surface area (Å²) in [5.41, 5.74) is 0.0652. The Morgan fingerprint density at radius 2 is 2.36 bits per heavy atom. The molecule has 0 aromatic heterocycles. The van der Waals surface area contributed by atoms with Crippen LogP contribution in [0, 0.1) is 0 Å². The third-order valence-corrected chi connectivity index (χ3v) is 2.19. The van der Waals surface area contributed by atoms with Gasteiger partial charge in [-0.1, -0.05) is 22.6 Å². The van der Waals surface area contributed by atoms with E-state index in [1.807, 2.05) is 22.6 Å². The number of dihydropyridines is 1. The average Bonchev–Trinajstić information content (AvgIpc) is 1.94. The van der Waals surface area contributed by atoms with Gasteiger partial charge in [-0.2, -0.15) is 0 Å². The molecule has 4 nitrogen and oxygen atoms in total. The lowest BCUT2D eigenvalue weighted by Gasteiger charge is -2.14. The number of alkyl halides is 1. The number of nitrogens with one attached hydrogen (secondary N) is 1. The van der Waals surface area contributed by atoms with Gasteiger partial charge < -0.3 is 15.5 Å². The normalized spacial score (nSPS) is 23.2. The van der Waals surface area contributed by atoms with E-state index >= 15 is 0 Å². The van der Waals surface area contributed by atoms with Crippen LogP contribution >= 0.6 is 22.6 Å². The van der Waals surface area contributed by atoms with Gasteiger partial charge in [-0.25, -0.2) is 4.79 Å². The number of halogens is 1. The van der Waals surface area contributed by atoms with Gasteiger partial charge >= 0.3 is 5.97 Å². The van der Waals surface area contributed by atoms with Crippen LogP contribution in [0.25, 0.3) is 0 Å². The Morgan fingerprint density at radius 1 is 1.73 bits per heavy atom. The van der Waals surface area contributed by atoms with E-state index < -0.39 is 5.97 Å². The van der Waals surface area contributed by atoms with Crippen molar-refractivity contribution in [1.29, 1.82) is 0 Å². The van der Waals surface area contributed by atoms with Gasteiger partial charge in [0.15, 0.2) is 0 Å². The molecule has 0 aromatic carbocycles. The second-order valence-corrected chi connectivity index (χ2v) is 3.25. The van der Waals surface area contributed by atoms with Crippen LogP contribution in [0.2, 0.25) is 0 Å². The van der Waals surface area contributed by atoms with E-state index in [0.29, 0.717) is 0 Å². The van der Waals surface area contributed by atoms with Crippen molar-refractivity contribution < 1.29 is 15.0 Å². The number of carboxylic acids is 1. The molecule has 1 atom stereocenters. The van der Waals surface area contributed by atoms with Gasteiger partial charge in [0.05, 0.1) is 5.57 Å². The van der Waals surface area contributed by atoms with Crippen LogP contribution in [0.15, 0.2) is 23.6 Å². The summed E-state index contributed by atoms with van der Waals surface area (Å²) in [6.07, 6.45) is 2.59. The number of carboxylic acid groups (broad SMARTS) is 1. The first kappa shape index (κ1) is 8.38. The number of hydrogen-bond donors (Lipinski definition) is 3. The highest BCUT2D eigenvalue weighted by Gasteiger charge is 2.15. The summed E-state index contributed by atoms with van der Waals surface area (Å²) >= 11 is 1.95. The zero-order valence-corrected chi connectivity index (χ0v) is 7.57. The molecular weight excluding hydrogens is 261 g/mol. The molecule has 1 heterocycles. The SMILES string of the molecule is O=C(O)C1=CNC(I)C(O)=C1. The third-order valence-electron chi connectivity index (χ3n) is 1.20. The van der Waals surface area contributed by atoms with E-state index in [1.54, 1.807) is 0 Å². The van der Waals surface area contributed by atoms with Crippen LogP contribution in [0.1, 0.15) is 0 Å². The second-order valence-electron chi connectivity index (χ2n) is 2.00. The molecule has 5 heteroatoms. The quantitative estimate of drug-likeness (QED) is 0.372. The standard InChI is InChI=1S/C6H6INO3/c7-5-4(9)1-3(2-8-5)6(10)11/h1-2,5,8-9H,(H,10,11). The molecule has 0 saturated carbocycles. The Kier molecular flexibility index (Phi) is 2.38. The van der Waals surface area contributed by atoms with E-state index in [9.17, 15) is 4.79 Å². The molecule has 0 bridgehead atoms. The molecular formula is C6H6INO3. The van der Waals surface area contributed by atoms with E-state index in [1.165, 1.54) is 12.3 Å². The summed E-state index contributed by atoms with van der Waals surface area (Å²) in [5, 5.41) is 20.2. The first-order valence-corrected chi connectivity index (χ1v) is 4.10. The van der Waals surface area contributed by atoms with E-state index in [2.05, 4.69) is 5.32 Å². The summed E-state index contributed by atoms with van der Waals surface area (Å²) in [6.45, 7) is 0. The summed E-state index contributed by atoms with van der Waals surface area (Å²) in [6, 6.07) is 0. The topological polar surface area (TPSA) is 69.6 Å². The fraction of sp³-hybridized carbons (Fsp3) is 0.167. The molecule has 0 aliphatic carbocycles. The third kappa shape index (κ3) is 1.86. The van der Waals surface area contributed by atoms with Crippen LogP contribution < -0.4 is 5.32 Å². The van der Waals surface area contributed by atoms with E-state index in [4.69, 9.17) is 10.2 Å². The Balaban J connectivity index is 2.83. The Hall–Kier alpha value is -0.720. The minimum atomic E-state index is -1.05. The summed E-state index contributed by atoms with van der Waals surface area (Å²) in [7, 11) is 0. The Morgan fingerprint density at radius 3 is 2.82 bits per heavy atom. The Bertz CT molecular complexity index is 246. The minimum Gasteiger partial charge on any atom is -0.509 e. The highest BCUT2D eigenvalue weighted by atomic mass is 127. The number of aliphatic hydroxyl groups excluding tert-OH is 1. The number of hydrogen-bond acceptors (Lipinski definition) is 3. The van der Waals surface area contributed by atoms with Crippen molar-refractivity contribution in [2.75, 3.05) is 0 Å². The molecule has 3 N–H and O–H groups in total. The molecule has 1 unspecified atom stereocenters. The lowest BCUT2D eigenvalue weighted by atomic mass is 10.2. The summed E-state index contributed by atoms with van der Waals surface area (Å²) in [5.74, 6) is -1.02. The first-order chi connectivity index (χ1) is 5.11. The molecule has 1 rings (SSSR count). The van der Waals surface area contributed by atoms with Crippen LogP contribution in [0.4, 0.5) is 0 Å². The monoisotopic (exact) mass is 267 g/mol. The van der Waals surface area contributed by atoms with Crippen LogP contribution in [-0.4, -0.2) is 20.2 Å². The minimum absolute atomic E-state index is 0.0329. The van der Waals surface area contributed by atoms with Crippen LogP contribution in [0.3, 0.4) is 0 Å². The molecule has 0 amide bonds. The zero-order valence-electron chi connectivity index (χ0n) is 5.41. The molecule has 0 fully saturated rings. The zero-order chi connectivity index (χ0) is 8.43. The van der Waals surface area contributed by atoms with Gasteiger partial charge in [0.2, 0.25) is 0 Å². The van der Waals surface area contributed by atoms with Crippen molar-refractivity contribution in [2.45, 2.75) is 4.05 Å². The van der Waals surface area contributed by atoms with Crippen molar-refractivity contribution in [3.63, 3.8) is 0 Å². The number of rotatable bonds is 1. The fourth-order valence-corrected chi connectivity index (χ4v) is 1.01. The highest BCUT2D eigenvalue weighted by Crippen LogP contribution is 2.14. The number of aliphatic carboxylic acids is 1.